The average Bonchev–Trinajstić information content (AvgIpc) is 2.79. The second kappa shape index (κ2) is 9.09. The number of halogens is 3. The van der Waals surface area contributed by atoms with Crippen molar-refractivity contribution in [2.75, 3.05) is 32.1 Å². The summed E-state index contributed by atoms with van der Waals surface area (Å²) in [5.41, 5.74) is 0.392. The minimum Gasteiger partial charge on any atom is -0.493 e. The monoisotopic (exact) mass is 463 g/mol. The number of carbonyl (C=O) groups is 1. The third-order valence-electron chi connectivity index (χ3n) is 5.14. The van der Waals surface area contributed by atoms with Crippen LogP contribution < -0.4 is 20.1 Å². The number of hydrogen-bond acceptors (Lipinski definition) is 7. The number of carbonyl (C=O) groups excluding carboxylic acids is 1. The Morgan fingerprint density at radius 2 is 2.09 bits per heavy atom. The van der Waals surface area contributed by atoms with Crippen molar-refractivity contribution >= 4 is 40.1 Å². The van der Waals surface area contributed by atoms with Crippen LogP contribution in [-0.4, -0.2) is 53.7 Å². The Bertz CT molecular complexity index is 1180. The van der Waals surface area contributed by atoms with E-state index in [9.17, 15) is 13.6 Å². The minimum absolute atomic E-state index is 0.0329. The summed E-state index contributed by atoms with van der Waals surface area (Å²) in [7, 11) is 1.45. The third kappa shape index (κ3) is 4.23. The van der Waals surface area contributed by atoms with Crippen LogP contribution in [0.3, 0.4) is 0 Å². The first-order valence-electron chi connectivity index (χ1n) is 9.81. The smallest absolute Gasteiger partial charge is 0.415 e. The van der Waals surface area contributed by atoms with E-state index in [0.29, 0.717) is 36.3 Å². The number of amides is 1. The van der Waals surface area contributed by atoms with E-state index in [-0.39, 0.29) is 23.3 Å². The van der Waals surface area contributed by atoms with E-state index in [1.807, 2.05) is 6.92 Å². The molecule has 2 N–H and O–H groups in total. The molecule has 0 unspecified atom stereocenters. The molecule has 8 nitrogen and oxygen atoms in total. The highest BCUT2D eigenvalue weighted by Gasteiger charge is 2.26. The maximum atomic E-state index is 14.4. The van der Waals surface area contributed by atoms with Gasteiger partial charge in [-0.05, 0) is 25.1 Å². The number of anilines is 2. The molecule has 1 amide bonds. The van der Waals surface area contributed by atoms with Crippen LogP contribution >= 0.6 is 11.6 Å². The van der Waals surface area contributed by atoms with Gasteiger partial charge in [-0.1, -0.05) is 11.6 Å². The lowest BCUT2D eigenvalue weighted by atomic mass is 10.2. The van der Waals surface area contributed by atoms with Gasteiger partial charge in [0.2, 0.25) is 0 Å². The highest BCUT2D eigenvalue weighted by Crippen LogP contribution is 2.36. The predicted molar refractivity (Wildman–Crippen MR) is 116 cm³/mol. The number of benzene rings is 2. The summed E-state index contributed by atoms with van der Waals surface area (Å²) in [5.74, 6) is -1.15. The summed E-state index contributed by atoms with van der Waals surface area (Å²) < 4.78 is 38.9. The molecule has 1 aliphatic rings. The van der Waals surface area contributed by atoms with Gasteiger partial charge in [0.25, 0.3) is 0 Å². The van der Waals surface area contributed by atoms with E-state index in [1.165, 1.54) is 25.6 Å². The fraction of sp³-hybridized carbons (Fsp3) is 0.286. The molecule has 0 aliphatic carbocycles. The van der Waals surface area contributed by atoms with Gasteiger partial charge in [0.05, 0.1) is 18.3 Å². The molecule has 0 radical (unpaired) electrons. The van der Waals surface area contributed by atoms with Crippen LogP contribution in [0.15, 0.2) is 30.6 Å². The summed E-state index contributed by atoms with van der Waals surface area (Å²) in [6, 6.07) is 5.34. The van der Waals surface area contributed by atoms with Gasteiger partial charge in [0, 0.05) is 37.1 Å². The van der Waals surface area contributed by atoms with Crippen LogP contribution in [0.4, 0.5) is 25.1 Å². The summed E-state index contributed by atoms with van der Waals surface area (Å²) >= 11 is 5.67. The normalized spacial score (nSPS) is 16.2. The lowest BCUT2D eigenvalue weighted by molar-refractivity contribution is 0.123. The lowest BCUT2D eigenvalue weighted by Crippen LogP contribution is -2.53. The van der Waals surface area contributed by atoms with E-state index in [2.05, 4.69) is 20.6 Å². The molecule has 4 rings (SSSR count). The Balaban J connectivity index is 1.70. The number of nitrogens with zero attached hydrogens (tertiary/aromatic N) is 3. The molecule has 3 aromatic rings. The second-order valence-corrected chi connectivity index (χ2v) is 7.58. The topological polar surface area (TPSA) is 88.6 Å². The SMILES string of the molecule is COc1cc2ncnc(Nc3ccc(F)c(Cl)c3F)c2cc1OC(=O)N1CCNC[C@H]1C. The van der Waals surface area contributed by atoms with Gasteiger partial charge >= 0.3 is 6.09 Å². The molecule has 1 atom stereocenters. The molecule has 168 valence electrons. The van der Waals surface area contributed by atoms with E-state index in [0.717, 1.165) is 6.07 Å². The Kier molecular flexibility index (Phi) is 6.24. The molecule has 0 saturated carbocycles. The molecule has 32 heavy (non-hydrogen) atoms. The largest absolute Gasteiger partial charge is 0.493 e. The zero-order valence-electron chi connectivity index (χ0n) is 17.3. The number of aromatic nitrogens is 2. The fourth-order valence-corrected chi connectivity index (χ4v) is 3.58. The number of rotatable bonds is 4. The van der Waals surface area contributed by atoms with E-state index >= 15 is 0 Å². The van der Waals surface area contributed by atoms with Crippen molar-refractivity contribution in [3.05, 3.63) is 47.2 Å². The van der Waals surface area contributed by atoms with Crippen molar-refractivity contribution in [1.82, 2.24) is 20.2 Å². The molecule has 0 bridgehead atoms. The maximum absolute atomic E-state index is 14.4. The summed E-state index contributed by atoms with van der Waals surface area (Å²) in [4.78, 5) is 22.7. The predicted octanol–water partition coefficient (Wildman–Crippen LogP) is 4.11. The van der Waals surface area contributed by atoms with Gasteiger partial charge in [0.1, 0.15) is 23.0 Å². The van der Waals surface area contributed by atoms with Gasteiger partial charge in [0.15, 0.2) is 17.3 Å². The van der Waals surface area contributed by atoms with Gasteiger partial charge < -0.3 is 25.0 Å². The Morgan fingerprint density at radius 3 is 2.84 bits per heavy atom. The van der Waals surface area contributed by atoms with Crippen molar-refractivity contribution < 1.29 is 23.0 Å². The third-order valence-corrected chi connectivity index (χ3v) is 5.49. The van der Waals surface area contributed by atoms with E-state index in [1.54, 1.807) is 11.0 Å². The van der Waals surface area contributed by atoms with E-state index < -0.39 is 22.8 Å². The van der Waals surface area contributed by atoms with Gasteiger partial charge in [-0.2, -0.15) is 0 Å². The minimum atomic E-state index is -0.953. The average molecular weight is 464 g/mol. The molecule has 0 spiro atoms. The van der Waals surface area contributed by atoms with Crippen LogP contribution in [0.5, 0.6) is 11.5 Å². The Labute approximate surface area is 187 Å². The number of fused-ring (bicyclic) bond motifs is 1. The number of methoxy groups -OCH3 is 1. The van der Waals surface area contributed by atoms with Crippen molar-refractivity contribution in [1.29, 1.82) is 0 Å². The standard InChI is InChI=1S/C21H20ClF2N5O3/c1-11-9-25-5-6-29(11)21(30)32-17-7-12-15(8-16(17)31-2)26-10-27-20(12)28-14-4-3-13(23)18(22)19(14)24/h3-4,7-8,10-11,25H,5-6,9H2,1-2H3,(H,26,27,28)/t11-/m1/s1. The molecule has 1 aromatic heterocycles. The van der Waals surface area contributed by atoms with Crippen molar-refractivity contribution in [3.8, 4) is 11.5 Å². The summed E-state index contributed by atoms with van der Waals surface area (Å²) in [5, 5.41) is 5.81. The van der Waals surface area contributed by atoms with Gasteiger partial charge in [-0.3, -0.25) is 0 Å². The van der Waals surface area contributed by atoms with Crippen LogP contribution in [0.1, 0.15) is 6.92 Å². The first-order chi connectivity index (χ1) is 15.4. The highest BCUT2D eigenvalue weighted by atomic mass is 35.5. The quantitative estimate of drug-likeness (QED) is 0.563. The van der Waals surface area contributed by atoms with Crippen molar-refractivity contribution in [2.24, 2.45) is 0 Å². The molecule has 1 saturated heterocycles. The molecule has 1 fully saturated rings. The molecular formula is C21H20ClF2N5O3. The first kappa shape index (κ1) is 22.0. The Hall–Kier alpha value is -3.24. The summed E-state index contributed by atoms with van der Waals surface area (Å²) in [6.45, 7) is 3.76. The molecule has 11 heteroatoms. The number of hydrogen-bond donors (Lipinski definition) is 2. The first-order valence-corrected chi connectivity index (χ1v) is 10.2. The zero-order valence-corrected chi connectivity index (χ0v) is 18.0. The van der Waals surface area contributed by atoms with Crippen molar-refractivity contribution in [3.63, 3.8) is 0 Å². The summed E-state index contributed by atoms with van der Waals surface area (Å²) in [6.07, 6.45) is 0.765. The maximum Gasteiger partial charge on any atom is 0.415 e. The van der Waals surface area contributed by atoms with E-state index in [4.69, 9.17) is 21.1 Å². The molecule has 1 aliphatic heterocycles. The van der Waals surface area contributed by atoms with Crippen LogP contribution in [-0.2, 0) is 0 Å². The lowest BCUT2D eigenvalue weighted by Gasteiger charge is -2.33. The number of nitrogens with one attached hydrogen (secondary N) is 2. The van der Waals surface area contributed by atoms with Gasteiger partial charge in [-0.25, -0.2) is 23.5 Å². The van der Waals surface area contributed by atoms with Gasteiger partial charge in [-0.15, -0.1) is 0 Å². The van der Waals surface area contributed by atoms with Crippen LogP contribution in [0.2, 0.25) is 5.02 Å². The van der Waals surface area contributed by atoms with Crippen LogP contribution in [0.25, 0.3) is 10.9 Å². The fourth-order valence-electron chi connectivity index (χ4n) is 3.42. The zero-order chi connectivity index (χ0) is 22.8. The molecule has 2 aromatic carbocycles. The number of piperazine rings is 1. The highest BCUT2D eigenvalue weighted by molar-refractivity contribution is 6.31. The van der Waals surface area contributed by atoms with Crippen molar-refractivity contribution in [2.45, 2.75) is 13.0 Å². The molecular weight excluding hydrogens is 444 g/mol. The van der Waals surface area contributed by atoms with Crippen LogP contribution in [0, 0.1) is 11.6 Å². The molecule has 2 heterocycles. The Morgan fingerprint density at radius 1 is 1.28 bits per heavy atom. The number of ether oxygens (including phenoxy) is 2. The second-order valence-electron chi connectivity index (χ2n) is 7.20.